The normalized spacial score (nSPS) is 23.0. The molecule has 0 radical (unpaired) electrons. The molecule has 1 aliphatic heterocycles. The monoisotopic (exact) mass is 334 g/mol. The fourth-order valence-electron chi connectivity index (χ4n) is 4.31. The van der Waals surface area contributed by atoms with E-state index < -0.39 is 0 Å². The molecule has 24 heavy (non-hydrogen) atoms. The molecule has 0 N–H and O–H groups in total. The molecule has 2 aliphatic rings. The molecule has 1 saturated carbocycles. The maximum atomic E-state index is 4.42. The minimum atomic E-state index is -0.0729. The van der Waals surface area contributed by atoms with Gasteiger partial charge in [-0.25, -0.2) is 4.68 Å². The minimum absolute atomic E-state index is 0.0729. The molecule has 1 saturated heterocycles. The van der Waals surface area contributed by atoms with Gasteiger partial charge in [0.25, 0.3) is 0 Å². The molecule has 1 aromatic heterocycles. The van der Waals surface area contributed by atoms with Gasteiger partial charge >= 0.3 is 0 Å². The molecule has 1 atom stereocenters. The largest absolute Gasteiger partial charge is 0.298 e. The van der Waals surface area contributed by atoms with E-state index in [2.05, 4.69) is 53.0 Å². The summed E-state index contributed by atoms with van der Waals surface area (Å²) in [6.45, 7) is 13.4. The molecule has 1 aliphatic carbocycles. The number of hydrogen-bond donors (Lipinski definition) is 0. The third-order valence-corrected chi connectivity index (χ3v) is 5.62. The molecule has 0 aromatic carbocycles. The maximum Gasteiger partial charge on any atom is 0.168 e. The summed E-state index contributed by atoms with van der Waals surface area (Å²) in [6, 6.07) is 1.19. The zero-order valence-electron chi connectivity index (χ0n) is 15.9. The first-order valence-corrected chi connectivity index (χ1v) is 9.77. The summed E-state index contributed by atoms with van der Waals surface area (Å²) < 4.78 is 2.02. The summed E-state index contributed by atoms with van der Waals surface area (Å²) in [7, 11) is 0. The van der Waals surface area contributed by atoms with Crippen LogP contribution in [0.4, 0.5) is 0 Å². The van der Waals surface area contributed by atoms with Gasteiger partial charge in [-0.3, -0.25) is 9.80 Å². The summed E-state index contributed by atoms with van der Waals surface area (Å²) in [5.74, 6) is 1.04. The number of nitrogens with zero attached hydrogens (tertiary/aromatic N) is 6. The van der Waals surface area contributed by atoms with Crippen LogP contribution in [0.25, 0.3) is 0 Å². The third kappa shape index (κ3) is 3.80. The third-order valence-electron chi connectivity index (χ3n) is 5.62. The van der Waals surface area contributed by atoms with E-state index in [1.807, 2.05) is 4.68 Å². The van der Waals surface area contributed by atoms with Crippen LogP contribution in [0.3, 0.4) is 0 Å². The van der Waals surface area contributed by atoms with Crippen molar-refractivity contribution in [3.63, 3.8) is 0 Å². The van der Waals surface area contributed by atoms with Crippen molar-refractivity contribution in [2.24, 2.45) is 0 Å². The van der Waals surface area contributed by atoms with Crippen LogP contribution in [-0.2, 0) is 5.54 Å². The van der Waals surface area contributed by atoms with E-state index >= 15 is 0 Å². The van der Waals surface area contributed by atoms with E-state index in [1.165, 1.54) is 38.8 Å². The van der Waals surface area contributed by atoms with E-state index in [-0.39, 0.29) is 5.54 Å². The number of rotatable bonds is 5. The molecule has 1 aromatic rings. The predicted molar refractivity (Wildman–Crippen MR) is 95.9 cm³/mol. The molecule has 3 rings (SSSR count). The van der Waals surface area contributed by atoms with Gasteiger partial charge < -0.3 is 0 Å². The Bertz CT molecular complexity index is 506. The standard InChI is InChI=1S/C18H34N6/c1-5-8-16(17-19-20-21-24(17)18(2,3)4)23-13-11-22(12-14-23)15-9-6-7-10-15/h15-16H,5-14H2,1-4H3/t16-/m1/s1. The summed E-state index contributed by atoms with van der Waals surface area (Å²) in [4.78, 5) is 5.34. The molecular weight excluding hydrogens is 300 g/mol. The number of hydrogen-bond acceptors (Lipinski definition) is 5. The van der Waals surface area contributed by atoms with Crippen LogP contribution >= 0.6 is 0 Å². The Hall–Kier alpha value is -1.01. The van der Waals surface area contributed by atoms with Gasteiger partial charge in [0.2, 0.25) is 0 Å². The average molecular weight is 335 g/mol. The van der Waals surface area contributed by atoms with Crippen molar-refractivity contribution in [2.45, 2.75) is 83.8 Å². The highest BCUT2D eigenvalue weighted by Crippen LogP contribution is 2.30. The predicted octanol–water partition coefficient (Wildman–Crippen LogP) is 2.83. The Morgan fingerprint density at radius 3 is 2.33 bits per heavy atom. The molecule has 0 amide bonds. The fourth-order valence-corrected chi connectivity index (χ4v) is 4.31. The van der Waals surface area contributed by atoms with Crippen molar-refractivity contribution in [3.8, 4) is 0 Å². The van der Waals surface area contributed by atoms with Crippen molar-refractivity contribution in [3.05, 3.63) is 5.82 Å². The highest BCUT2D eigenvalue weighted by Gasteiger charge is 2.33. The minimum Gasteiger partial charge on any atom is -0.298 e. The van der Waals surface area contributed by atoms with Gasteiger partial charge in [0.1, 0.15) is 0 Å². The van der Waals surface area contributed by atoms with Gasteiger partial charge in [-0.15, -0.1) is 5.10 Å². The molecular formula is C18H34N6. The average Bonchev–Trinajstić information content (AvgIpc) is 3.23. The van der Waals surface area contributed by atoms with Gasteiger partial charge in [-0.2, -0.15) is 0 Å². The zero-order chi connectivity index (χ0) is 17.2. The second-order valence-electron chi connectivity index (χ2n) is 8.43. The van der Waals surface area contributed by atoms with E-state index in [9.17, 15) is 0 Å². The van der Waals surface area contributed by atoms with E-state index in [4.69, 9.17) is 0 Å². The van der Waals surface area contributed by atoms with Crippen molar-refractivity contribution < 1.29 is 0 Å². The van der Waals surface area contributed by atoms with E-state index in [1.54, 1.807) is 0 Å². The van der Waals surface area contributed by atoms with Gasteiger partial charge in [-0.05, 0) is 50.5 Å². The molecule has 0 spiro atoms. The highest BCUT2D eigenvalue weighted by molar-refractivity contribution is 4.98. The van der Waals surface area contributed by atoms with Crippen LogP contribution in [0, 0.1) is 0 Å². The van der Waals surface area contributed by atoms with Crippen LogP contribution in [0.2, 0.25) is 0 Å². The Morgan fingerprint density at radius 1 is 1.08 bits per heavy atom. The lowest BCUT2D eigenvalue weighted by Gasteiger charge is -2.41. The van der Waals surface area contributed by atoms with Crippen LogP contribution in [0.1, 0.15) is 78.1 Å². The number of piperazine rings is 1. The van der Waals surface area contributed by atoms with Gasteiger partial charge in [0.15, 0.2) is 5.82 Å². The Morgan fingerprint density at radius 2 is 1.75 bits per heavy atom. The molecule has 6 nitrogen and oxygen atoms in total. The van der Waals surface area contributed by atoms with Crippen molar-refractivity contribution in [1.82, 2.24) is 30.0 Å². The summed E-state index contributed by atoms with van der Waals surface area (Å²) in [6.07, 6.45) is 7.93. The van der Waals surface area contributed by atoms with Crippen molar-refractivity contribution in [2.75, 3.05) is 26.2 Å². The van der Waals surface area contributed by atoms with Gasteiger partial charge in [0, 0.05) is 32.2 Å². The molecule has 2 heterocycles. The summed E-state index contributed by atoms with van der Waals surface area (Å²) in [5.41, 5.74) is -0.0729. The van der Waals surface area contributed by atoms with Crippen LogP contribution in [0.15, 0.2) is 0 Å². The van der Waals surface area contributed by atoms with Crippen LogP contribution in [0.5, 0.6) is 0 Å². The van der Waals surface area contributed by atoms with E-state index in [0.29, 0.717) is 6.04 Å². The molecule has 136 valence electrons. The van der Waals surface area contributed by atoms with Crippen LogP contribution in [-0.4, -0.2) is 62.2 Å². The second kappa shape index (κ2) is 7.48. The lowest BCUT2D eigenvalue weighted by Crippen LogP contribution is -2.51. The second-order valence-corrected chi connectivity index (χ2v) is 8.43. The van der Waals surface area contributed by atoms with Gasteiger partial charge in [0.05, 0.1) is 11.6 Å². The van der Waals surface area contributed by atoms with Gasteiger partial charge in [-0.1, -0.05) is 26.2 Å². The molecule has 6 heteroatoms. The first-order chi connectivity index (χ1) is 11.5. The topological polar surface area (TPSA) is 50.1 Å². The number of tetrazole rings is 1. The SMILES string of the molecule is CCC[C@H](c1nnnn1C(C)(C)C)N1CCN(C2CCCC2)CC1. The Kier molecular flexibility index (Phi) is 5.55. The zero-order valence-corrected chi connectivity index (χ0v) is 15.9. The quantitative estimate of drug-likeness (QED) is 0.829. The smallest absolute Gasteiger partial charge is 0.168 e. The molecule has 2 fully saturated rings. The van der Waals surface area contributed by atoms with Crippen molar-refractivity contribution >= 4 is 0 Å². The molecule has 0 bridgehead atoms. The molecule has 0 unspecified atom stereocenters. The number of aromatic nitrogens is 4. The summed E-state index contributed by atoms with van der Waals surface area (Å²) >= 11 is 0. The lowest BCUT2D eigenvalue weighted by molar-refractivity contribution is 0.0609. The van der Waals surface area contributed by atoms with E-state index in [0.717, 1.165) is 37.8 Å². The first kappa shape index (κ1) is 17.8. The first-order valence-electron chi connectivity index (χ1n) is 9.77. The Labute approximate surface area is 146 Å². The van der Waals surface area contributed by atoms with Crippen molar-refractivity contribution in [1.29, 1.82) is 0 Å². The summed E-state index contributed by atoms with van der Waals surface area (Å²) in [5, 5.41) is 12.7. The highest BCUT2D eigenvalue weighted by atomic mass is 15.6. The lowest BCUT2D eigenvalue weighted by atomic mass is 10.0. The maximum absolute atomic E-state index is 4.42. The van der Waals surface area contributed by atoms with Crippen LogP contribution < -0.4 is 0 Å². The fraction of sp³-hybridized carbons (Fsp3) is 0.944. The Balaban J connectivity index is 1.70.